The van der Waals surface area contributed by atoms with Gasteiger partial charge < -0.3 is 9.51 Å². The van der Waals surface area contributed by atoms with Gasteiger partial charge in [0.1, 0.15) is 5.65 Å². The van der Waals surface area contributed by atoms with Crippen LogP contribution in [0.1, 0.15) is 11.3 Å². The van der Waals surface area contributed by atoms with Gasteiger partial charge in [-0.05, 0) is 18.6 Å². The van der Waals surface area contributed by atoms with Gasteiger partial charge in [0, 0.05) is 25.5 Å². The summed E-state index contributed by atoms with van der Waals surface area (Å²) in [6.07, 6.45) is 1.36. The molecule has 0 spiro atoms. The Morgan fingerprint density at radius 3 is 2.84 bits per heavy atom. The molecular weight excluding hydrogens is 252 g/mol. The van der Waals surface area contributed by atoms with Crippen molar-refractivity contribution in [2.45, 2.75) is 19.9 Å². The smallest absolute Gasteiger partial charge is 0.251 e. The van der Waals surface area contributed by atoms with Crippen molar-refractivity contribution in [1.29, 1.82) is 0 Å². The van der Waals surface area contributed by atoms with Gasteiger partial charge in [0.2, 0.25) is 0 Å². The molecule has 0 amide bonds. The second-order valence-electron chi connectivity index (χ2n) is 4.55. The van der Waals surface area contributed by atoms with Gasteiger partial charge in [-0.2, -0.15) is 0 Å². The third kappa shape index (κ3) is 3.71. The van der Waals surface area contributed by atoms with E-state index in [1.807, 2.05) is 35.9 Å². The van der Waals surface area contributed by atoms with Gasteiger partial charge in [0.25, 0.3) is 6.43 Å². The average molecular weight is 269 g/mol. The number of hydrogen-bond acceptors (Lipinski definition) is 3. The predicted molar refractivity (Wildman–Crippen MR) is 68.3 cm³/mol. The van der Waals surface area contributed by atoms with Crippen LogP contribution in [0.15, 0.2) is 24.5 Å². The minimum atomic E-state index is -2.41. The summed E-state index contributed by atoms with van der Waals surface area (Å²) < 4.78 is 26.7. The standard InChI is InChI=1S/C13H17F2N3O/c1-10-2-3-13-16-11(8-18(13)6-10)7-17(4-5-19)9-12(14)15/h2-3,6,8,12,19H,4-5,7,9H2,1H3. The van der Waals surface area contributed by atoms with Crippen molar-refractivity contribution < 1.29 is 13.9 Å². The first-order chi connectivity index (χ1) is 9.08. The minimum absolute atomic E-state index is 0.140. The summed E-state index contributed by atoms with van der Waals surface area (Å²) in [4.78, 5) is 5.88. The molecule has 0 saturated carbocycles. The summed E-state index contributed by atoms with van der Waals surface area (Å²) in [7, 11) is 0. The number of aliphatic hydroxyl groups is 1. The number of imidazole rings is 1. The zero-order chi connectivity index (χ0) is 13.8. The van der Waals surface area contributed by atoms with Crippen LogP contribution in [0.25, 0.3) is 5.65 Å². The molecule has 2 heterocycles. The molecule has 0 atom stereocenters. The van der Waals surface area contributed by atoms with Gasteiger partial charge in [0.05, 0.1) is 18.8 Å². The fraction of sp³-hybridized carbons (Fsp3) is 0.462. The number of fused-ring (bicyclic) bond motifs is 1. The summed E-state index contributed by atoms with van der Waals surface area (Å²) in [6, 6.07) is 3.85. The van der Waals surface area contributed by atoms with E-state index < -0.39 is 6.43 Å². The summed E-state index contributed by atoms with van der Waals surface area (Å²) in [5.41, 5.74) is 2.62. The fourth-order valence-electron chi connectivity index (χ4n) is 2.03. The van der Waals surface area contributed by atoms with E-state index in [0.29, 0.717) is 6.54 Å². The maximum atomic E-state index is 12.4. The Hall–Kier alpha value is -1.53. The lowest BCUT2D eigenvalue weighted by atomic mass is 10.3. The highest BCUT2D eigenvalue weighted by Crippen LogP contribution is 2.10. The van der Waals surface area contributed by atoms with E-state index in [4.69, 9.17) is 5.11 Å². The lowest BCUT2D eigenvalue weighted by Crippen LogP contribution is -2.31. The van der Waals surface area contributed by atoms with E-state index >= 15 is 0 Å². The minimum Gasteiger partial charge on any atom is -0.395 e. The van der Waals surface area contributed by atoms with Crippen LogP contribution in [0.4, 0.5) is 8.78 Å². The Labute approximate surface area is 110 Å². The highest BCUT2D eigenvalue weighted by atomic mass is 19.3. The summed E-state index contributed by atoms with van der Waals surface area (Å²) in [5.74, 6) is 0. The highest BCUT2D eigenvalue weighted by Gasteiger charge is 2.13. The molecule has 0 aromatic carbocycles. The first kappa shape index (κ1) is 13.9. The number of aromatic nitrogens is 2. The molecule has 0 saturated heterocycles. The second-order valence-corrected chi connectivity index (χ2v) is 4.55. The van der Waals surface area contributed by atoms with Crippen molar-refractivity contribution >= 4 is 5.65 Å². The van der Waals surface area contributed by atoms with Crippen LogP contribution in [0.2, 0.25) is 0 Å². The molecule has 2 aromatic heterocycles. The van der Waals surface area contributed by atoms with Gasteiger partial charge in [-0.1, -0.05) is 6.07 Å². The predicted octanol–water partition coefficient (Wildman–Crippen LogP) is 1.70. The quantitative estimate of drug-likeness (QED) is 0.868. The number of rotatable bonds is 6. The van der Waals surface area contributed by atoms with Crippen LogP contribution < -0.4 is 0 Å². The average Bonchev–Trinajstić information content (AvgIpc) is 2.69. The molecule has 0 bridgehead atoms. The zero-order valence-corrected chi connectivity index (χ0v) is 10.8. The molecular formula is C13H17F2N3O. The number of aliphatic hydroxyl groups excluding tert-OH is 1. The van der Waals surface area contributed by atoms with Crippen molar-refractivity contribution in [2.75, 3.05) is 19.7 Å². The maximum absolute atomic E-state index is 12.4. The number of nitrogens with zero attached hydrogens (tertiary/aromatic N) is 3. The lowest BCUT2D eigenvalue weighted by molar-refractivity contribution is 0.0741. The van der Waals surface area contributed by atoms with Crippen LogP contribution >= 0.6 is 0 Å². The van der Waals surface area contributed by atoms with E-state index in [2.05, 4.69) is 4.98 Å². The third-order valence-corrected chi connectivity index (χ3v) is 2.85. The van der Waals surface area contributed by atoms with Crippen molar-refractivity contribution in [3.05, 3.63) is 35.8 Å². The van der Waals surface area contributed by atoms with Crippen LogP contribution in [-0.2, 0) is 6.54 Å². The van der Waals surface area contributed by atoms with E-state index in [1.165, 1.54) is 4.90 Å². The zero-order valence-electron chi connectivity index (χ0n) is 10.8. The first-order valence-electron chi connectivity index (χ1n) is 6.14. The van der Waals surface area contributed by atoms with Gasteiger partial charge in [0.15, 0.2) is 0 Å². The normalized spacial score (nSPS) is 11.9. The van der Waals surface area contributed by atoms with E-state index in [9.17, 15) is 8.78 Å². The molecule has 2 aromatic rings. The van der Waals surface area contributed by atoms with Crippen LogP contribution in [0, 0.1) is 6.92 Å². The maximum Gasteiger partial charge on any atom is 0.251 e. The van der Waals surface area contributed by atoms with Crippen molar-refractivity contribution in [3.8, 4) is 0 Å². The number of aryl methyl sites for hydroxylation is 1. The lowest BCUT2D eigenvalue weighted by Gasteiger charge is -2.19. The van der Waals surface area contributed by atoms with Crippen molar-refractivity contribution in [2.24, 2.45) is 0 Å². The molecule has 0 aliphatic heterocycles. The first-order valence-corrected chi connectivity index (χ1v) is 6.14. The third-order valence-electron chi connectivity index (χ3n) is 2.85. The number of halogens is 2. The van der Waals surface area contributed by atoms with E-state index in [0.717, 1.165) is 16.9 Å². The molecule has 6 heteroatoms. The molecule has 19 heavy (non-hydrogen) atoms. The number of alkyl halides is 2. The molecule has 0 unspecified atom stereocenters. The number of pyridine rings is 1. The Morgan fingerprint density at radius 2 is 2.16 bits per heavy atom. The Kier molecular flexibility index (Phi) is 4.44. The van der Waals surface area contributed by atoms with Gasteiger partial charge in [-0.15, -0.1) is 0 Å². The Morgan fingerprint density at radius 1 is 1.37 bits per heavy atom. The van der Waals surface area contributed by atoms with Crippen molar-refractivity contribution in [3.63, 3.8) is 0 Å². The second kappa shape index (κ2) is 6.08. The highest BCUT2D eigenvalue weighted by molar-refractivity contribution is 5.41. The SMILES string of the molecule is Cc1ccc2nc(CN(CCO)CC(F)F)cn2c1. The van der Waals surface area contributed by atoms with Crippen LogP contribution in [-0.4, -0.2) is 45.5 Å². The van der Waals surface area contributed by atoms with Gasteiger partial charge >= 0.3 is 0 Å². The van der Waals surface area contributed by atoms with Gasteiger partial charge in [-0.3, -0.25) is 4.90 Å². The number of hydrogen-bond donors (Lipinski definition) is 1. The molecule has 0 aliphatic carbocycles. The van der Waals surface area contributed by atoms with Crippen LogP contribution in [0.5, 0.6) is 0 Å². The summed E-state index contributed by atoms with van der Waals surface area (Å²) in [5, 5.41) is 8.89. The van der Waals surface area contributed by atoms with Crippen LogP contribution in [0.3, 0.4) is 0 Å². The molecule has 4 nitrogen and oxygen atoms in total. The van der Waals surface area contributed by atoms with E-state index in [1.54, 1.807) is 0 Å². The fourth-order valence-corrected chi connectivity index (χ4v) is 2.03. The summed E-state index contributed by atoms with van der Waals surface area (Å²) in [6.45, 7) is 2.02. The van der Waals surface area contributed by atoms with Gasteiger partial charge in [-0.25, -0.2) is 13.8 Å². The molecule has 0 radical (unpaired) electrons. The molecule has 104 valence electrons. The Balaban J connectivity index is 2.14. The Bertz CT molecular complexity index is 542. The topological polar surface area (TPSA) is 40.8 Å². The molecule has 1 N–H and O–H groups in total. The molecule has 0 fully saturated rings. The van der Waals surface area contributed by atoms with E-state index in [-0.39, 0.29) is 19.7 Å². The summed E-state index contributed by atoms with van der Waals surface area (Å²) >= 11 is 0. The molecule has 2 rings (SSSR count). The largest absolute Gasteiger partial charge is 0.395 e. The monoisotopic (exact) mass is 269 g/mol. The van der Waals surface area contributed by atoms with Crippen molar-refractivity contribution in [1.82, 2.24) is 14.3 Å². The molecule has 0 aliphatic rings.